The van der Waals surface area contributed by atoms with Crippen molar-refractivity contribution in [3.05, 3.63) is 70.5 Å². The molecule has 3 aromatic rings. The molecule has 0 bridgehead atoms. The molecule has 2 aromatic carbocycles. The van der Waals surface area contributed by atoms with Gasteiger partial charge in [0.25, 0.3) is 11.8 Å². The minimum absolute atomic E-state index is 0.173. The molecule has 4 rings (SSSR count). The number of carbonyl (C=O) groups is 3. The smallest absolute Gasteiger partial charge is 0.324 e. The van der Waals surface area contributed by atoms with Gasteiger partial charge in [-0.2, -0.15) is 0 Å². The molecule has 26 heavy (non-hydrogen) atoms. The van der Waals surface area contributed by atoms with E-state index >= 15 is 0 Å². The Hall–Kier alpha value is -3.61. The van der Waals surface area contributed by atoms with Crippen LogP contribution in [0.25, 0.3) is 11.0 Å². The zero-order chi connectivity index (χ0) is 18.4. The van der Waals surface area contributed by atoms with Crippen LogP contribution in [0, 0.1) is 13.8 Å². The number of hydrogen-bond donors (Lipinski definition) is 0. The Labute approximate surface area is 148 Å². The maximum atomic E-state index is 12.4. The van der Waals surface area contributed by atoms with E-state index in [4.69, 9.17) is 4.84 Å². The minimum Gasteiger partial charge on any atom is -0.324 e. The highest BCUT2D eigenvalue weighted by atomic mass is 16.7. The number of rotatable bonds is 2. The van der Waals surface area contributed by atoms with Crippen LogP contribution < -0.4 is 0 Å². The third kappa shape index (κ3) is 2.41. The molecule has 2 heterocycles. The monoisotopic (exact) mass is 347 g/mol. The molecule has 0 aliphatic carbocycles. The average Bonchev–Trinajstić information content (AvgIpc) is 2.87. The first kappa shape index (κ1) is 15.9. The van der Waals surface area contributed by atoms with Gasteiger partial charge in [-0.05, 0) is 44.2 Å². The maximum absolute atomic E-state index is 12.4. The van der Waals surface area contributed by atoms with E-state index in [2.05, 4.69) is 9.97 Å². The molecule has 0 saturated carbocycles. The summed E-state index contributed by atoms with van der Waals surface area (Å²) in [6, 6.07) is 11.0. The number of benzene rings is 2. The predicted molar refractivity (Wildman–Crippen MR) is 91.4 cm³/mol. The van der Waals surface area contributed by atoms with E-state index in [1.807, 2.05) is 13.8 Å². The zero-order valence-corrected chi connectivity index (χ0v) is 14.0. The van der Waals surface area contributed by atoms with E-state index in [0.29, 0.717) is 16.1 Å². The Morgan fingerprint density at radius 3 is 2.08 bits per heavy atom. The molecule has 0 radical (unpaired) electrons. The number of aryl methyl sites for hydroxylation is 2. The molecule has 1 aromatic heterocycles. The SMILES string of the molecule is Cc1nc2ccc(C(=O)ON3C(=O)c4ccccc4C3=O)cc2nc1C. The minimum atomic E-state index is -0.818. The highest BCUT2D eigenvalue weighted by Gasteiger charge is 2.38. The van der Waals surface area contributed by atoms with Gasteiger partial charge in [0, 0.05) is 0 Å². The van der Waals surface area contributed by atoms with Gasteiger partial charge in [0.15, 0.2) is 0 Å². The summed E-state index contributed by atoms with van der Waals surface area (Å²) in [5.74, 6) is -2.14. The van der Waals surface area contributed by atoms with Crippen LogP contribution in [0.2, 0.25) is 0 Å². The largest absolute Gasteiger partial charge is 0.364 e. The summed E-state index contributed by atoms with van der Waals surface area (Å²) in [7, 11) is 0. The van der Waals surface area contributed by atoms with E-state index in [9.17, 15) is 14.4 Å². The molecule has 0 N–H and O–H groups in total. The number of fused-ring (bicyclic) bond motifs is 2. The van der Waals surface area contributed by atoms with Gasteiger partial charge >= 0.3 is 5.97 Å². The van der Waals surface area contributed by atoms with E-state index in [1.54, 1.807) is 18.2 Å². The molecule has 7 nitrogen and oxygen atoms in total. The van der Waals surface area contributed by atoms with Crippen LogP contribution in [0.3, 0.4) is 0 Å². The van der Waals surface area contributed by atoms with Crippen molar-refractivity contribution < 1.29 is 19.2 Å². The number of aromatic nitrogens is 2. The van der Waals surface area contributed by atoms with Gasteiger partial charge in [0.05, 0.1) is 39.1 Å². The summed E-state index contributed by atoms with van der Waals surface area (Å²) >= 11 is 0. The van der Waals surface area contributed by atoms with Crippen molar-refractivity contribution in [2.24, 2.45) is 0 Å². The van der Waals surface area contributed by atoms with Crippen molar-refractivity contribution in [1.82, 2.24) is 15.0 Å². The first-order chi connectivity index (χ1) is 12.5. The van der Waals surface area contributed by atoms with Crippen LogP contribution >= 0.6 is 0 Å². The topological polar surface area (TPSA) is 89.5 Å². The summed E-state index contributed by atoms with van der Waals surface area (Å²) in [6.07, 6.45) is 0. The summed E-state index contributed by atoms with van der Waals surface area (Å²) in [4.78, 5) is 50.8. The number of hydroxylamine groups is 2. The van der Waals surface area contributed by atoms with Crippen LogP contribution in [-0.2, 0) is 4.84 Å². The second-order valence-electron chi connectivity index (χ2n) is 5.93. The van der Waals surface area contributed by atoms with Gasteiger partial charge in [0.1, 0.15) is 0 Å². The van der Waals surface area contributed by atoms with Crippen molar-refractivity contribution in [3.63, 3.8) is 0 Å². The summed E-state index contributed by atoms with van der Waals surface area (Å²) in [5.41, 5.74) is 3.32. The van der Waals surface area contributed by atoms with Crippen molar-refractivity contribution in [2.75, 3.05) is 0 Å². The number of carbonyl (C=O) groups excluding carboxylic acids is 3. The summed E-state index contributed by atoms with van der Waals surface area (Å²) in [5, 5.41) is 0.489. The van der Waals surface area contributed by atoms with Crippen LogP contribution in [0.15, 0.2) is 42.5 Å². The average molecular weight is 347 g/mol. The summed E-state index contributed by atoms with van der Waals surface area (Å²) in [6.45, 7) is 3.68. The second-order valence-corrected chi connectivity index (χ2v) is 5.93. The predicted octanol–water partition coefficient (Wildman–Crippen LogP) is 2.61. The van der Waals surface area contributed by atoms with E-state index < -0.39 is 17.8 Å². The molecule has 1 aliphatic heterocycles. The molecule has 0 unspecified atom stereocenters. The lowest BCUT2D eigenvalue weighted by molar-refractivity contribution is -0.0584. The Balaban J connectivity index is 1.63. The highest BCUT2D eigenvalue weighted by molar-refractivity contribution is 6.21. The number of hydrogen-bond acceptors (Lipinski definition) is 6. The lowest BCUT2D eigenvalue weighted by Gasteiger charge is -2.13. The second kappa shape index (κ2) is 5.73. The fraction of sp³-hybridized carbons (Fsp3) is 0.105. The molecule has 0 atom stereocenters. The highest BCUT2D eigenvalue weighted by Crippen LogP contribution is 2.24. The van der Waals surface area contributed by atoms with Crippen LogP contribution in [-0.4, -0.2) is 32.8 Å². The Kier molecular flexibility index (Phi) is 3.50. The van der Waals surface area contributed by atoms with E-state index in [0.717, 1.165) is 11.4 Å². The van der Waals surface area contributed by atoms with Crippen molar-refractivity contribution in [1.29, 1.82) is 0 Å². The molecule has 7 heteroatoms. The molecule has 0 saturated heterocycles. The first-order valence-electron chi connectivity index (χ1n) is 7.91. The van der Waals surface area contributed by atoms with Crippen molar-refractivity contribution >= 4 is 28.8 Å². The van der Waals surface area contributed by atoms with Crippen LogP contribution in [0.1, 0.15) is 42.5 Å². The lowest BCUT2D eigenvalue weighted by Crippen LogP contribution is -2.32. The van der Waals surface area contributed by atoms with E-state index in [-0.39, 0.29) is 16.7 Å². The Bertz CT molecular complexity index is 1070. The number of amides is 2. The zero-order valence-electron chi connectivity index (χ0n) is 14.0. The van der Waals surface area contributed by atoms with Gasteiger partial charge in [0.2, 0.25) is 0 Å². The third-order valence-electron chi connectivity index (χ3n) is 4.24. The van der Waals surface area contributed by atoms with Gasteiger partial charge in [-0.25, -0.2) is 14.8 Å². The normalized spacial score (nSPS) is 13.2. The van der Waals surface area contributed by atoms with Crippen molar-refractivity contribution in [2.45, 2.75) is 13.8 Å². The molecular formula is C19H13N3O4. The molecule has 1 aliphatic rings. The molecule has 0 fully saturated rings. The van der Waals surface area contributed by atoms with Gasteiger partial charge in [-0.3, -0.25) is 9.59 Å². The third-order valence-corrected chi connectivity index (χ3v) is 4.24. The fourth-order valence-electron chi connectivity index (χ4n) is 2.74. The molecule has 2 amide bonds. The van der Waals surface area contributed by atoms with Crippen LogP contribution in [0.5, 0.6) is 0 Å². The first-order valence-corrected chi connectivity index (χ1v) is 7.91. The quantitative estimate of drug-likeness (QED) is 0.662. The fourth-order valence-corrected chi connectivity index (χ4v) is 2.74. The molecular weight excluding hydrogens is 334 g/mol. The molecule has 128 valence electrons. The summed E-state index contributed by atoms with van der Waals surface area (Å²) < 4.78 is 0. The van der Waals surface area contributed by atoms with Gasteiger partial charge in [-0.1, -0.05) is 17.2 Å². The number of imide groups is 1. The van der Waals surface area contributed by atoms with Crippen molar-refractivity contribution in [3.8, 4) is 0 Å². The standard InChI is InChI=1S/C19H13N3O4/c1-10-11(2)21-16-9-12(7-8-15(16)20-10)19(25)26-22-17(23)13-5-3-4-6-14(13)18(22)24/h3-9H,1-2H3. The lowest BCUT2D eigenvalue weighted by atomic mass is 10.1. The Morgan fingerprint density at radius 2 is 1.46 bits per heavy atom. The van der Waals surface area contributed by atoms with Gasteiger partial charge < -0.3 is 4.84 Å². The Morgan fingerprint density at radius 1 is 0.885 bits per heavy atom. The number of nitrogens with zero attached hydrogens (tertiary/aromatic N) is 3. The van der Waals surface area contributed by atoms with Gasteiger partial charge in [-0.15, -0.1) is 0 Å². The van der Waals surface area contributed by atoms with E-state index in [1.165, 1.54) is 24.3 Å². The van der Waals surface area contributed by atoms with Crippen LogP contribution in [0.4, 0.5) is 0 Å². The molecule has 0 spiro atoms. The maximum Gasteiger partial charge on any atom is 0.364 e.